The van der Waals surface area contributed by atoms with Crippen LogP contribution < -0.4 is 9.47 Å². The van der Waals surface area contributed by atoms with Crippen LogP contribution >= 0.6 is 0 Å². The summed E-state index contributed by atoms with van der Waals surface area (Å²) in [6.45, 7) is 0.210. The molecule has 3 atom stereocenters. The molecule has 2 saturated heterocycles. The molecule has 3 aliphatic heterocycles. The number of carbonyl (C=O) groups is 1. The summed E-state index contributed by atoms with van der Waals surface area (Å²) < 4.78 is 23.9. The highest BCUT2D eigenvalue weighted by molar-refractivity contribution is 5.95. The molecule has 2 aromatic carbocycles. The molecular weight excluding hydrogens is 333 g/mol. The lowest BCUT2D eigenvalue weighted by Crippen LogP contribution is -2.46. The molecule has 5 rings (SSSR count). The van der Waals surface area contributed by atoms with Gasteiger partial charge in [0.15, 0.2) is 11.5 Å². The van der Waals surface area contributed by atoms with E-state index >= 15 is 0 Å². The van der Waals surface area contributed by atoms with E-state index in [1.807, 2.05) is 24.3 Å². The first kappa shape index (κ1) is 15.7. The molecule has 0 saturated carbocycles. The molecule has 26 heavy (non-hydrogen) atoms. The molecule has 0 N–H and O–H groups in total. The minimum Gasteiger partial charge on any atom is -0.454 e. The molecule has 3 heterocycles. The number of benzene rings is 2. The number of carbonyl (C=O) groups excluding carboxylic acids is 1. The molecule has 0 aromatic heterocycles. The van der Waals surface area contributed by atoms with Gasteiger partial charge >= 0.3 is 0 Å². The maximum atomic E-state index is 13.2. The summed E-state index contributed by atoms with van der Waals surface area (Å²) in [6, 6.07) is 12.7. The van der Waals surface area contributed by atoms with E-state index < -0.39 is 0 Å². The third-order valence-electron chi connectivity index (χ3n) is 5.93. The highest BCUT2D eigenvalue weighted by Crippen LogP contribution is 2.44. The van der Waals surface area contributed by atoms with Crippen LogP contribution in [0.3, 0.4) is 0 Å². The molecule has 2 aromatic rings. The molecule has 0 unspecified atom stereocenters. The highest BCUT2D eigenvalue weighted by Gasteiger charge is 2.43. The van der Waals surface area contributed by atoms with Gasteiger partial charge in [-0.15, -0.1) is 0 Å². The van der Waals surface area contributed by atoms with Gasteiger partial charge in [-0.3, -0.25) is 4.79 Å². The number of amides is 1. The van der Waals surface area contributed by atoms with Crippen LogP contribution in [0.1, 0.15) is 47.5 Å². The summed E-state index contributed by atoms with van der Waals surface area (Å²) in [7, 11) is 0. The number of hydrogen-bond acceptors (Lipinski definition) is 3. The largest absolute Gasteiger partial charge is 0.454 e. The van der Waals surface area contributed by atoms with Gasteiger partial charge in [-0.25, -0.2) is 4.39 Å². The molecule has 0 radical (unpaired) electrons. The molecule has 1 amide bonds. The van der Waals surface area contributed by atoms with Crippen LogP contribution in [0.2, 0.25) is 0 Å². The SMILES string of the molecule is O=C(c1ccc2c(c1)OCO2)N1[C@@H]2CC[C@H]1C[C@@H](c1ccc(F)cc1)C2. The lowest BCUT2D eigenvalue weighted by Gasteiger charge is -2.39. The van der Waals surface area contributed by atoms with Gasteiger partial charge < -0.3 is 14.4 Å². The van der Waals surface area contributed by atoms with Crippen LogP contribution in [0.4, 0.5) is 4.39 Å². The standard InChI is InChI=1S/C21H20FNO3/c22-16-4-1-13(2-5-16)15-9-17-6-7-18(10-15)23(17)21(24)14-3-8-19-20(11-14)26-12-25-19/h1-5,8,11,15,17-18H,6-7,9-10,12H2/t15-,17+,18-. The number of ether oxygens (including phenoxy) is 2. The Bertz CT molecular complexity index is 837. The van der Waals surface area contributed by atoms with Crippen LogP contribution in [0.5, 0.6) is 11.5 Å². The lowest BCUT2D eigenvalue weighted by molar-refractivity contribution is 0.0571. The Labute approximate surface area is 151 Å². The maximum Gasteiger partial charge on any atom is 0.254 e. The zero-order valence-electron chi connectivity index (χ0n) is 14.4. The van der Waals surface area contributed by atoms with Crippen LogP contribution in [-0.4, -0.2) is 29.7 Å². The van der Waals surface area contributed by atoms with Crippen molar-refractivity contribution in [3.05, 3.63) is 59.4 Å². The maximum absolute atomic E-state index is 13.2. The number of nitrogens with zero attached hydrogens (tertiary/aromatic N) is 1. The van der Waals surface area contributed by atoms with Gasteiger partial charge in [-0.2, -0.15) is 0 Å². The molecule has 2 fully saturated rings. The van der Waals surface area contributed by atoms with Gasteiger partial charge in [-0.1, -0.05) is 12.1 Å². The molecule has 5 heteroatoms. The minimum absolute atomic E-state index is 0.0772. The average Bonchev–Trinajstić information content (AvgIpc) is 3.23. The second-order valence-corrected chi connectivity index (χ2v) is 7.39. The summed E-state index contributed by atoms with van der Waals surface area (Å²) in [6.07, 6.45) is 3.97. The zero-order valence-corrected chi connectivity index (χ0v) is 14.4. The molecule has 4 nitrogen and oxygen atoms in total. The molecule has 3 aliphatic rings. The zero-order chi connectivity index (χ0) is 17.7. The molecular formula is C21H20FNO3. The number of piperidine rings is 1. The van der Waals surface area contributed by atoms with Crippen LogP contribution in [0.15, 0.2) is 42.5 Å². The second-order valence-electron chi connectivity index (χ2n) is 7.39. The quantitative estimate of drug-likeness (QED) is 0.816. The van der Waals surface area contributed by atoms with Crippen molar-refractivity contribution in [1.82, 2.24) is 4.90 Å². The minimum atomic E-state index is -0.202. The fourth-order valence-electron chi connectivity index (χ4n) is 4.69. The van der Waals surface area contributed by atoms with E-state index in [0.29, 0.717) is 23.0 Å². The first-order valence-corrected chi connectivity index (χ1v) is 9.17. The Balaban J connectivity index is 1.37. The third kappa shape index (κ3) is 2.54. The van der Waals surface area contributed by atoms with Crippen molar-refractivity contribution in [2.45, 2.75) is 43.7 Å². The summed E-state index contributed by atoms with van der Waals surface area (Å²) in [5.41, 5.74) is 1.84. The Kier molecular flexibility index (Phi) is 3.62. The monoisotopic (exact) mass is 353 g/mol. The van der Waals surface area contributed by atoms with Crippen molar-refractivity contribution in [3.63, 3.8) is 0 Å². The van der Waals surface area contributed by atoms with Crippen molar-refractivity contribution < 1.29 is 18.7 Å². The Morgan fingerprint density at radius 1 is 0.962 bits per heavy atom. The van der Waals surface area contributed by atoms with E-state index in [0.717, 1.165) is 25.7 Å². The highest BCUT2D eigenvalue weighted by atomic mass is 19.1. The van der Waals surface area contributed by atoms with E-state index in [9.17, 15) is 9.18 Å². The van der Waals surface area contributed by atoms with Gasteiger partial charge in [0, 0.05) is 17.6 Å². The van der Waals surface area contributed by atoms with Crippen molar-refractivity contribution in [1.29, 1.82) is 0 Å². The van der Waals surface area contributed by atoms with Gasteiger partial charge in [0.25, 0.3) is 5.91 Å². The smallest absolute Gasteiger partial charge is 0.254 e. The fourth-order valence-corrected chi connectivity index (χ4v) is 4.69. The van der Waals surface area contributed by atoms with E-state index in [2.05, 4.69) is 4.90 Å². The van der Waals surface area contributed by atoms with Crippen LogP contribution in [-0.2, 0) is 0 Å². The summed E-state index contributed by atoms with van der Waals surface area (Å²) in [5, 5.41) is 0. The Hall–Kier alpha value is -2.56. The number of hydrogen-bond donors (Lipinski definition) is 0. The number of halogens is 1. The van der Waals surface area contributed by atoms with Gasteiger partial charge in [0.05, 0.1) is 0 Å². The third-order valence-corrected chi connectivity index (χ3v) is 5.93. The normalized spacial score (nSPS) is 26.2. The molecule has 2 bridgehead atoms. The number of fused-ring (bicyclic) bond motifs is 3. The Morgan fingerprint density at radius 2 is 1.65 bits per heavy atom. The van der Waals surface area contributed by atoms with Crippen molar-refractivity contribution in [3.8, 4) is 11.5 Å². The summed E-state index contributed by atoms with van der Waals surface area (Å²) >= 11 is 0. The fraction of sp³-hybridized carbons (Fsp3) is 0.381. The summed E-state index contributed by atoms with van der Waals surface area (Å²) in [4.78, 5) is 15.2. The van der Waals surface area contributed by atoms with Crippen molar-refractivity contribution in [2.75, 3.05) is 6.79 Å². The molecule has 0 spiro atoms. The molecule has 134 valence electrons. The van der Waals surface area contributed by atoms with E-state index in [-0.39, 0.29) is 30.6 Å². The van der Waals surface area contributed by atoms with E-state index in [1.54, 1.807) is 6.07 Å². The predicted octanol–water partition coefficient (Wildman–Crippen LogP) is 4.11. The van der Waals surface area contributed by atoms with Crippen LogP contribution in [0.25, 0.3) is 0 Å². The predicted molar refractivity (Wildman–Crippen MR) is 93.9 cm³/mol. The first-order valence-electron chi connectivity index (χ1n) is 9.17. The van der Waals surface area contributed by atoms with E-state index in [1.165, 1.54) is 17.7 Å². The molecule has 0 aliphatic carbocycles. The summed E-state index contributed by atoms with van der Waals surface area (Å²) in [5.74, 6) is 1.61. The Morgan fingerprint density at radius 3 is 2.38 bits per heavy atom. The lowest BCUT2D eigenvalue weighted by atomic mass is 9.85. The first-order chi connectivity index (χ1) is 12.7. The average molecular weight is 353 g/mol. The van der Waals surface area contributed by atoms with Crippen LogP contribution in [0, 0.1) is 5.82 Å². The van der Waals surface area contributed by atoms with E-state index in [4.69, 9.17) is 9.47 Å². The second kappa shape index (κ2) is 6.01. The topological polar surface area (TPSA) is 38.8 Å². The van der Waals surface area contributed by atoms with Gasteiger partial charge in [0.2, 0.25) is 6.79 Å². The van der Waals surface area contributed by atoms with Crippen molar-refractivity contribution in [2.24, 2.45) is 0 Å². The van der Waals surface area contributed by atoms with Crippen molar-refractivity contribution >= 4 is 5.91 Å². The number of rotatable bonds is 2. The van der Waals surface area contributed by atoms with Gasteiger partial charge in [0.1, 0.15) is 5.82 Å². The van der Waals surface area contributed by atoms with Gasteiger partial charge in [-0.05, 0) is 67.5 Å².